The summed E-state index contributed by atoms with van der Waals surface area (Å²) in [6.45, 7) is 9.71. The summed E-state index contributed by atoms with van der Waals surface area (Å²) in [6, 6.07) is 0. The molecular weight excluding hydrogens is 220 g/mol. The van der Waals surface area contributed by atoms with Gasteiger partial charge in [-0.15, -0.1) is 0 Å². The monoisotopic (exact) mass is 242 g/mol. The molecule has 1 amide bonds. The van der Waals surface area contributed by atoms with Crippen molar-refractivity contribution in [1.82, 2.24) is 4.90 Å². The predicted molar refractivity (Wildman–Crippen MR) is 70.1 cm³/mol. The minimum Gasteiger partial charge on any atom is -0.392 e. The first kappa shape index (κ1) is 13.4. The van der Waals surface area contributed by atoms with Crippen LogP contribution in [0.4, 0.5) is 0 Å². The quantitative estimate of drug-likeness (QED) is 0.768. The summed E-state index contributed by atoms with van der Waals surface area (Å²) >= 11 is 4.95. The van der Waals surface area contributed by atoms with Crippen LogP contribution in [0.2, 0.25) is 0 Å². The minimum atomic E-state index is -0.707. The van der Waals surface area contributed by atoms with E-state index in [-0.39, 0.29) is 10.9 Å². The highest BCUT2D eigenvalue weighted by Crippen LogP contribution is 2.28. The van der Waals surface area contributed by atoms with Crippen LogP contribution < -0.4 is 5.73 Å². The molecule has 0 aromatic rings. The SMILES string of the molecule is CC(C)C1CCN(C(=O)C(C)(C)C(N)=S)C1. The third kappa shape index (κ3) is 2.54. The summed E-state index contributed by atoms with van der Waals surface area (Å²) in [5, 5.41) is 0. The average Bonchev–Trinajstić information content (AvgIpc) is 2.64. The maximum absolute atomic E-state index is 12.2. The molecule has 1 fully saturated rings. The van der Waals surface area contributed by atoms with Gasteiger partial charge in [-0.05, 0) is 32.1 Å². The number of likely N-dealkylation sites (tertiary alicyclic amines) is 1. The fraction of sp³-hybridized carbons (Fsp3) is 0.833. The van der Waals surface area contributed by atoms with Gasteiger partial charge < -0.3 is 10.6 Å². The number of amides is 1. The van der Waals surface area contributed by atoms with Crippen molar-refractivity contribution < 1.29 is 4.79 Å². The molecule has 3 nitrogen and oxygen atoms in total. The second-order valence-corrected chi connectivity index (χ2v) is 5.97. The molecule has 0 aromatic carbocycles. The number of thiocarbonyl (C=S) groups is 1. The molecule has 0 aliphatic carbocycles. The number of carbonyl (C=O) groups excluding carboxylic acids is 1. The van der Waals surface area contributed by atoms with Gasteiger partial charge in [-0.1, -0.05) is 26.1 Å². The van der Waals surface area contributed by atoms with Gasteiger partial charge in [0.25, 0.3) is 0 Å². The molecule has 1 rings (SSSR count). The molecule has 0 aromatic heterocycles. The maximum atomic E-state index is 12.2. The molecule has 1 heterocycles. The molecule has 0 bridgehead atoms. The lowest BCUT2D eigenvalue weighted by atomic mass is 9.91. The van der Waals surface area contributed by atoms with E-state index in [0.717, 1.165) is 19.5 Å². The van der Waals surface area contributed by atoms with E-state index in [4.69, 9.17) is 18.0 Å². The van der Waals surface area contributed by atoms with Crippen LogP contribution in [-0.2, 0) is 4.79 Å². The molecule has 16 heavy (non-hydrogen) atoms. The standard InChI is InChI=1S/C12H22N2OS/c1-8(2)9-5-6-14(7-9)11(15)12(3,4)10(13)16/h8-9H,5-7H2,1-4H3,(H2,13,16). The molecule has 0 saturated carbocycles. The van der Waals surface area contributed by atoms with Crippen LogP contribution in [0.25, 0.3) is 0 Å². The van der Waals surface area contributed by atoms with Crippen molar-refractivity contribution in [1.29, 1.82) is 0 Å². The first-order valence-electron chi connectivity index (χ1n) is 5.86. The zero-order valence-electron chi connectivity index (χ0n) is 10.6. The molecule has 1 atom stereocenters. The lowest BCUT2D eigenvalue weighted by Gasteiger charge is -2.28. The molecule has 0 radical (unpaired) electrons. The Hall–Kier alpha value is -0.640. The number of nitrogens with zero attached hydrogens (tertiary/aromatic N) is 1. The van der Waals surface area contributed by atoms with Gasteiger partial charge in [-0.3, -0.25) is 4.79 Å². The van der Waals surface area contributed by atoms with Crippen molar-refractivity contribution in [2.45, 2.75) is 34.1 Å². The Morgan fingerprint density at radius 2 is 2.06 bits per heavy atom. The highest BCUT2D eigenvalue weighted by molar-refractivity contribution is 7.80. The highest BCUT2D eigenvalue weighted by Gasteiger charge is 2.38. The normalized spacial score (nSPS) is 21.6. The summed E-state index contributed by atoms with van der Waals surface area (Å²) in [6.07, 6.45) is 1.09. The Balaban J connectivity index is 2.68. The van der Waals surface area contributed by atoms with Crippen molar-refractivity contribution in [3.63, 3.8) is 0 Å². The molecule has 1 unspecified atom stereocenters. The molecule has 1 aliphatic heterocycles. The highest BCUT2D eigenvalue weighted by atomic mass is 32.1. The number of hydrogen-bond donors (Lipinski definition) is 1. The Morgan fingerprint density at radius 1 is 1.50 bits per heavy atom. The van der Waals surface area contributed by atoms with E-state index in [0.29, 0.717) is 11.8 Å². The van der Waals surface area contributed by atoms with E-state index in [1.165, 1.54) is 0 Å². The number of hydrogen-bond acceptors (Lipinski definition) is 2. The van der Waals surface area contributed by atoms with Crippen LogP contribution >= 0.6 is 12.2 Å². The Morgan fingerprint density at radius 3 is 2.44 bits per heavy atom. The van der Waals surface area contributed by atoms with Crippen LogP contribution in [0.15, 0.2) is 0 Å². The molecule has 1 aliphatic rings. The lowest BCUT2D eigenvalue weighted by Crippen LogP contribution is -2.46. The fourth-order valence-corrected chi connectivity index (χ4v) is 2.10. The number of rotatable bonds is 3. The maximum Gasteiger partial charge on any atom is 0.235 e. The van der Waals surface area contributed by atoms with Gasteiger partial charge in [0, 0.05) is 13.1 Å². The van der Waals surface area contributed by atoms with Crippen molar-refractivity contribution in [2.24, 2.45) is 23.0 Å². The van der Waals surface area contributed by atoms with E-state index in [1.807, 2.05) is 4.90 Å². The van der Waals surface area contributed by atoms with E-state index in [9.17, 15) is 4.79 Å². The van der Waals surface area contributed by atoms with E-state index >= 15 is 0 Å². The van der Waals surface area contributed by atoms with Gasteiger partial charge in [-0.25, -0.2) is 0 Å². The second-order valence-electron chi connectivity index (χ2n) is 5.53. The molecular formula is C12H22N2OS. The first-order valence-corrected chi connectivity index (χ1v) is 6.27. The summed E-state index contributed by atoms with van der Waals surface area (Å²) in [5.74, 6) is 1.32. The lowest BCUT2D eigenvalue weighted by molar-refractivity contribution is -0.136. The van der Waals surface area contributed by atoms with Crippen LogP contribution in [-0.4, -0.2) is 28.9 Å². The van der Waals surface area contributed by atoms with E-state index < -0.39 is 5.41 Å². The van der Waals surface area contributed by atoms with Crippen LogP contribution in [0.5, 0.6) is 0 Å². The summed E-state index contributed by atoms with van der Waals surface area (Å²) < 4.78 is 0. The molecule has 92 valence electrons. The number of carbonyl (C=O) groups is 1. The summed E-state index contributed by atoms with van der Waals surface area (Å²) in [4.78, 5) is 14.4. The zero-order valence-corrected chi connectivity index (χ0v) is 11.4. The molecule has 1 saturated heterocycles. The Kier molecular flexibility index (Phi) is 3.94. The molecule has 4 heteroatoms. The van der Waals surface area contributed by atoms with Gasteiger partial charge in [0.2, 0.25) is 5.91 Å². The average molecular weight is 242 g/mol. The number of nitrogens with two attached hydrogens (primary N) is 1. The largest absolute Gasteiger partial charge is 0.392 e. The van der Waals surface area contributed by atoms with Crippen molar-refractivity contribution >= 4 is 23.1 Å². The van der Waals surface area contributed by atoms with Crippen LogP contribution in [0, 0.1) is 17.3 Å². The van der Waals surface area contributed by atoms with Crippen molar-refractivity contribution in [3.8, 4) is 0 Å². The second kappa shape index (κ2) is 4.70. The van der Waals surface area contributed by atoms with E-state index in [2.05, 4.69) is 13.8 Å². The Bertz CT molecular complexity index is 299. The summed E-state index contributed by atoms with van der Waals surface area (Å²) in [5.41, 5.74) is 4.91. The van der Waals surface area contributed by atoms with Gasteiger partial charge >= 0.3 is 0 Å². The van der Waals surface area contributed by atoms with Crippen molar-refractivity contribution in [2.75, 3.05) is 13.1 Å². The topological polar surface area (TPSA) is 46.3 Å². The van der Waals surface area contributed by atoms with Crippen molar-refractivity contribution in [3.05, 3.63) is 0 Å². The van der Waals surface area contributed by atoms with E-state index in [1.54, 1.807) is 13.8 Å². The van der Waals surface area contributed by atoms with Gasteiger partial charge in [0.15, 0.2) is 0 Å². The Labute approximate surface area is 103 Å². The minimum absolute atomic E-state index is 0.0724. The first-order chi connectivity index (χ1) is 7.26. The fourth-order valence-electron chi connectivity index (χ4n) is 2.02. The van der Waals surface area contributed by atoms with Gasteiger partial charge in [0.1, 0.15) is 0 Å². The van der Waals surface area contributed by atoms with Crippen LogP contribution in [0.1, 0.15) is 34.1 Å². The zero-order chi connectivity index (χ0) is 12.5. The van der Waals surface area contributed by atoms with Gasteiger partial charge in [0.05, 0.1) is 10.4 Å². The smallest absolute Gasteiger partial charge is 0.235 e. The molecule has 2 N–H and O–H groups in total. The summed E-state index contributed by atoms with van der Waals surface area (Å²) in [7, 11) is 0. The predicted octanol–water partition coefficient (Wildman–Crippen LogP) is 1.80. The molecule has 0 spiro atoms. The third-order valence-electron chi connectivity index (χ3n) is 3.61. The van der Waals surface area contributed by atoms with Crippen LogP contribution in [0.3, 0.4) is 0 Å². The third-order valence-corrected chi connectivity index (χ3v) is 4.12. The van der Waals surface area contributed by atoms with Gasteiger partial charge in [-0.2, -0.15) is 0 Å².